The minimum absolute atomic E-state index is 0.0602. The van der Waals surface area contributed by atoms with Crippen molar-refractivity contribution < 1.29 is 14.3 Å². The van der Waals surface area contributed by atoms with Crippen LogP contribution in [0, 0.1) is 5.82 Å². The van der Waals surface area contributed by atoms with Gasteiger partial charge < -0.3 is 10.0 Å². The molecule has 1 aliphatic rings. The lowest BCUT2D eigenvalue weighted by Gasteiger charge is -2.25. The van der Waals surface area contributed by atoms with Crippen LogP contribution in [0.1, 0.15) is 24.4 Å². The van der Waals surface area contributed by atoms with Crippen LogP contribution in [0.4, 0.5) is 20.8 Å². The van der Waals surface area contributed by atoms with Gasteiger partial charge in [0.1, 0.15) is 5.82 Å². The third kappa shape index (κ3) is 2.75. The Morgan fingerprint density at radius 2 is 2.20 bits per heavy atom. The number of benzene rings is 1. The van der Waals surface area contributed by atoms with E-state index in [1.807, 2.05) is 11.0 Å². The summed E-state index contributed by atoms with van der Waals surface area (Å²) in [6.07, 6.45) is 2.14. The van der Waals surface area contributed by atoms with Crippen molar-refractivity contribution in [3.63, 3.8) is 0 Å². The van der Waals surface area contributed by atoms with Gasteiger partial charge in [-0.25, -0.2) is 14.2 Å². The van der Waals surface area contributed by atoms with Gasteiger partial charge in [0, 0.05) is 12.7 Å². The van der Waals surface area contributed by atoms with Crippen LogP contribution < -0.4 is 10.2 Å². The minimum atomic E-state index is -1.18. The van der Waals surface area contributed by atoms with Gasteiger partial charge in [-0.05, 0) is 42.7 Å². The Morgan fingerprint density at radius 1 is 1.32 bits per heavy atom. The molecule has 3 aromatic rings. The summed E-state index contributed by atoms with van der Waals surface area (Å²) < 4.78 is 15.1. The predicted molar refractivity (Wildman–Crippen MR) is 90.4 cm³/mol. The van der Waals surface area contributed by atoms with Crippen molar-refractivity contribution in [3.8, 4) is 0 Å². The molecule has 4 rings (SSSR count). The van der Waals surface area contributed by atoms with Crippen LogP contribution in [-0.2, 0) is 0 Å². The number of anilines is 2. The summed E-state index contributed by atoms with van der Waals surface area (Å²) in [5.74, 6) is 0.518. The maximum absolute atomic E-state index is 13.6. The number of hydrogen-bond acceptors (Lipinski definition) is 4. The average Bonchev–Trinajstić information content (AvgIpc) is 3.19. The first kappa shape index (κ1) is 15.4. The highest BCUT2D eigenvalue weighted by Gasteiger charge is 2.31. The number of nitrogens with zero attached hydrogens (tertiary/aromatic N) is 4. The Kier molecular flexibility index (Phi) is 3.72. The molecule has 128 valence electrons. The van der Waals surface area contributed by atoms with Crippen LogP contribution in [0.3, 0.4) is 0 Å². The average molecular weight is 341 g/mol. The second-order valence-corrected chi connectivity index (χ2v) is 5.91. The summed E-state index contributed by atoms with van der Waals surface area (Å²) in [6.45, 7) is 0.708. The summed E-state index contributed by atoms with van der Waals surface area (Å²) in [5.41, 5.74) is 1.40. The van der Waals surface area contributed by atoms with Crippen molar-refractivity contribution in [1.29, 1.82) is 0 Å². The molecule has 3 heterocycles. The largest absolute Gasteiger partial charge is 0.465 e. The zero-order chi connectivity index (χ0) is 17.4. The molecule has 0 bridgehead atoms. The van der Waals surface area contributed by atoms with Crippen LogP contribution in [0.15, 0.2) is 42.6 Å². The van der Waals surface area contributed by atoms with Crippen LogP contribution in [-0.4, -0.2) is 32.3 Å². The van der Waals surface area contributed by atoms with Crippen LogP contribution in [0.25, 0.3) is 5.65 Å². The Morgan fingerprint density at radius 3 is 3.00 bits per heavy atom. The molecule has 1 aliphatic heterocycles. The smallest absolute Gasteiger partial charge is 0.410 e. The maximum atomic E-state index is 13.6. The van der Waals surface area contributed by atoms with Crippen molar-refractivity contribution in [2.24, 2.45) is 0 Å². The molecule has 7 nitrogen and oxygen atoms in total. The van der Waals surface area contributed by atoms with E-state index in [-0.39, 0.29) is 11.9 Å². The Hall–Kier alpha value is -3.16. The van der Waals surface area contributed by atoms with Gasteiger partial charge in [-0.15, -0.1) is 0 Å². The monoisotopic (exact) mass is 341 g/mol. The Bertz CT molecular complexity index is 942. The van der Waals surface area contributed by atoms with Crippen LogP contribution >= 0.6 is 0 Å². The molecule has 1 atom stereocenters. The lowest BCUT2D eigenvalue weighted by atomic mass is 10.0. The number of carbonyl (C=O) groups is 1. The van der Waals surface area contributed by atoms with Gasteiger partial charge >= 0.3 is 6.09 Å². The lowest BCUT2D eigenvalue weighted by Crippen LogP contribution is -2.25. The number of imidazole rings is 1. The molecule has 2 aromatic heterocycles. The molecule has 1 amide bonds. The summed E-state index contributed by atoms with van der Waals surface area (Å²) in [4.78, 5) is 17.8. The number of rotatable bonds is 3. The van der Waals surface area contributed by atoms with E-state index < -0.39 is 6.09 Å². The van der Waals surface area contributed by atoms with Crippen LogP contribution in [0.2, 0.25) is 0 Å². The molecule has 25 heavy (non-hydrogen) atoms. The van der Waals surface area contributed by atoms with Gasteiger partial charge in [-0.1, -0.05) is 12.1 Å². The highest BCUT2D eigenvalue weighted by molar-refractivity contribution is 5.87. The Labute approximate surface area is 142 Å². The Balaban J connectivity index is 1.81. The summed E-state index contributed by atoms with van der Waals surface area (Å²) in [6, 6.07) is 9.93. The topological polar surface area (TPSA) is 82.8 Å². The quantitative estimate of drug-likeness (QED) is 0.764. The summed E-state index contributed by atoms with van der Waals surface area (Å²) >= 11 is 0. The molecule has 0 saturated carbocycles. The molecule has 1 unspecified atom stereocenters. The highest BCUT2D eigenvalue weighted by atomic mass is 19.1. The predicted octanol–water partition coefficient (Wildman–Crippen LogP) is 3.30. The number of amides is 1. The summed E-state index contributed by atoms with van der Waals surface area (Å²) in [5, 5.41) is 15.8. The molecular formula is C17H16FN5O2. The molecular weight excluding hydrogens is 325 g/mol. The minimum Gasteiger partial charge on any atom is -0.465 e. The molecule has 1 aromatic carbocycles. The fourth-order valence-corrected chi connectivity index (χ4v) is 3.37. The van der Waals surface area contributed by atoms with E-state index in [0.717, 1.165) is 18.4 Å². The fourth-order valence-electron chi connectivity index (χ4n) is 3.37. The number of carboxylic acid groups (broad SMARTS) is 1. The molecule has 2 N–H and O–H groups in total. The van der Waals surface area contributed by atoms with E-state index in [4.69, 9.17) is 0 Å². The van der Waals surface area contributed by atoms with Gasteiger partial charge in [0.25, 0.3) is 0 Å². The van der Waals surface area contributed by atoms with Crippen molar-refractivity contribution >= 4 is 23.4 Å². The molecule has 0 spiro atoms. The number of hydrogen-bond donors (Lipinski definition) is 2. The number of halogens is 1. The van der Waals surface area contributed by atoms with E-state index in [1.165, 1.54) is 16.6 Å². The number of aromatic nitrogens is 3. The van der Waals surface area contributed by atoms with Crippen molar-refractivity contribution in [1.82, 2.24) is 14.6 Å². The third-order valence-corrected chi connectivity index (χ3v) is 4.36. The van der Waals surface area contributed by atoms with Gasteiger partial charge in [-0.2, -0.15) is 9.61 Å². The third-order valence-electron chi connectivity index (χ3n) is 4.36. The second kappa shape index (κ2) is 6.04. The molecule has 8 heteroatoms. The first-order valence-corrected chi connectivity index (χ1v) is 7.99. The van der Waals surface area contributed by atoms with E-state index in [1.54, 1.807) is 24.4 Å². The first-order chi connectivity index (χ1) is 12.1. The number of nitrogens with one attached hydrogen (secondary N) is 1. The van der Waals surface area contributed by atoms with Crippen LogP contribution in [0.5, 0.6) is 0 Å². The van der Waals surface area contributed by atoms with Gasteiger partial charge in [0.05, 0.1) is 6.04 Å². The highest BCUT2D eigenvalue weighted by Crippen LogP contribution is 2.39. The maximum Gasteiger partial charge on any atom is 0.410 e. The van der Waals surface area contributed by atoms with Gasteiger partial charge in [0.15, 0.2) is 17.3 Å². The normalized spacial score (nSPS) is 17.2. The van der Waals surface area contributed by atoms with E-state index in [0.29, 0.717) is 23.8 Å². The first-order valence-electron chi connectivity index (χ1n) is 7.99. The zero-order valence-corrected chi connectivity index (χ0v) is 13.3. The fraction of sp³-hybridized carbons (Fsp3) is 0.235. The van der Waals surface area contributed by atoms with Gasteiger partial charge in [-0.3, -0.25) is 5.32 Å². The molecule has 0 radical (unpaired) electrons. The molecule has 1 saturated heterocycles. The van der Waals surface area contributed by atoms with E-state index >= 15 is 0 Å². The number of fused-ring (bicyclic) bond motifs is 1. The lowest BCUT2D eigenvalue weighted by molar-refractivity contribution is 0.209. The second-order valence-electron chi connectivity index (χ2n) is 5.91. The van der Waals surface area contributed by atoms with Crippen molar-refractivity contribution in [2.45, 2.75) is 18.9 Å². The standard InChI is InChI=1S/C17H16FN5O2/c18-12-5-1-4-11(10-12)13-6-3-9-22(13)15-16(21-17(24)25)23-14(20-15)7-2-8-19-23/h1-2,4-5,7-8,10,13,21H,3,6,9H2,(H,24,25). The van der Waals surface area contributed by atoms with Crippen molar-refractivity contribution in [2.75, 3.05) is 16.8 Å². The van der Waals surface area contributed by atoms with E-state index in [9.17, 15) is 14.3 Å². The van der Waals surface area contributed by atoms with E-state index in [2.05, 4.69) is 15.4 Å². The SMILES string of the molecule is O=C(O)Nc1c(N2CCCC2c2cccc(F)c2)nc2cccnn12. The van der Waals surface area contributed by atoms with Gasteiger partial charge in [0.2, 0.25) is 0 Å². The molecule has 0 aliphatic carbocycles. The zero-order valence-electron chi connectivity index (χ0n) is 13.3. The summed E-state index contributed by atoms with van der Waals surface area (Å²) in [7, 11) is 0. The van der Waals surface area contributed by atoms with Crippen molar-refractivity contribution in [3.05, 3.63) is 54.0 Å². The molecule has 1 fully saturated rings.